The van der Waals surface area contributed by atoms with Gasteiger partial charge in [0.2, 0.25) is 0 Å². The summed E-state index contributed by atoms with van der Waals surface area (Å²) in [5, 5.41) is 2.93. The molecule has 1 amide bonds. The minimum absolute atomic E-state index is 0.124. The fourth-order valence-electron chi connectivity index (χ4n) is 3.10. The molecule has 0 aromatic heterocycles. The van der Waals surface area contributed by atoms with Crippen molar-refractivity contribution in [3.63, 3.8) is 0 Å². The van der Waals surface area contributed by atoms with Gasteiger partial charge in [-0.25, -0.2) is 0 Å². The van der Waals surface area contributed by atoms with E-state index < -0.39 is 0 Å². The lowest BCUT2D eigenvalue weighted by Gasteiger charge is -2.13. The number of allylic oxidation sites excluding steroid dienone is 1. The second-order valence-corrected chi connectivity index (χ2v) is 6.94. The lowest BCUT2D eigenvalue weighted by molar-refractivity contribution is -0.118. The number of carbonyl (C=O) groups excluding carboxylic acids is 2. The fourth-order valence-corrected chi connectivity index (χ4v) is 3.10. The summed E-state index contributed by atoms with van der Waals surface area (Å²) in [5.41, 5.74) is 4.40. The van der Waals surface area contributed by atoms with Gasteiger partial charge in [0.1, 0.15) is 5.75 Å². The van der Waals surface area contributed by atoms with E-state index in [1.54, 1.807) is 30.3 Å². The van der Waals surface area contributed by atoms with Gasteiger partial charge in [-0.3, -0.25) is 9.59 Å². The monoisotopic (exact) mass is 399 g/mol. The number of aryl methyl sites for hydroxylation is 2. The predicted molar refractivity (Wildman–Crippen MR) is 121 cm³/mol. The highest BCUT2D eigenvalue weighted by Gasteiger charge is 2.10. The first-order valence-electron chi connectivity index (χ1n) is 9.95. The number of ketones is 1. The normalized spacial score (nSPS) is 10.7. The van der Waals surface area contributed by atoms with Crippen molar-refractivity contribution in [3.05, 3.63) is 101 Å². The second-order valence-electron chi connectivity index (χ2n) is 6.94. The van der Waals surface area contributed by atoms with Crippen LogP contribution >= 0.6 is 0 Å². The molecule has 0 saturated carbocycles. The minimum atomic E-state index is -0.236. The standard InChI is InChI=1S/C26H25NO3/c1-3-21-12-7-9-19(2)26(21)27-25(29)18-30-23-14-8-13-22(17-23)24(28)16-15-20-10-5-4-6-11-20/h4-17H,3,18H2,1-2H3,(H,27,29)/b16-15+. The largest absolute Gasteiger partial charge is 0.484 e. The van der Waals surface area contributed by atoms with E-state index >= 15 is 0 Å². The number of para-hydroxylation sites is 1. The van der Waals surface area contributed by atoms with Gasteiger partial charge in [-0.2, -0.15) is 0 Å². The topological polar surface area (TPSA) is 55.4 Å². The van der Waals surface area contributed by atoms with Crippen molar-refractivity contribution in [1.29, 1.82) is 0 Å². The molecule has 0 heterocycles. The average Bonchev–Trinajstić information content (AvgIpc) is 2.78. The first-order chi connectivity index (χ1) is 14.6. The third-order valence-corrected chi connectivity index (χ3v) is 4.72. The summed E-state index contributed by atoms with van der Waals surface area (Å²) in [7, 11) is 0. The molecular weight excluding hydrogens is 374 g/mol. The molecule has 1 N–H and O–H groups in total. The average molecular weight is 399 g/mol. The van der Waals surface area contributed by atoms with Gasteiger partial charge in [0.25, 0.3) is 5.91 Å². The number of anilines is 1. The molecule has 0 spiro atoms. The zero-order valence-corrected chi connectivity index (χ0v) is 17.2. The maximum Gasteiger partial charge on any atom is 0.262 e. The number of ether oxygens (including phenoxy) is 1. The Morgan fingerprint density at radius 3 is 2.50 bits per heavy atom. The van der Waals surface area contributed by atoms with Gasteiger partial charge in [-0.1, -0.05) is 73.7 Å². The predicted octanol–water partition coefficient (Wildman–Crippen LogP) is 5.47. The summed E-state index contributed by atoms with van der Waals surface area (Å²) in [6.07, 6.45) is 4.14. The number of hydrogen-bond donors (Lipinski definition) is 1. The van der Waals surface area contributed by atoms with Gasteiger partial charge in [0.15, 0.2) is 12.4 Å². The fraction of sp³-hybridized carbons (Fsp3) is 0.154. The Hall–Kier alpha value is -3.66. The van der Waals surface area contributed by atoms with E-state index in [1.807, 2.05) is 55.5 Å². The molecule has 0 bridgehead atoms. The van der Waals surface area contributed by atoms with E-state index in [4.69, 9.17) is 4.74 Å². The molecule has 30 heavy (non-hydrogen) atoms. The molecule has 0 radical (unpaired) electrons. The molecule has 0 aliphatic rings. The van der Waals surface area contributed by atoms with E-state index in [2.05, 4.69) is 12.2 Å². The van der Waals surface area contributed by atoms with Crippen LogP contribution in [0.5, 0.6) is 5.75 Å². The Kier molecular flexibility index (Phi) is 7.17. The van der Waals surface area contributed by atoms with Gasteiger partial charge in [0, 0.05) is 11.3 Å². The molecule has 3 rings (SSSR count). The van der Waals surface area contributed by atoms with Gasteiger partial charge >= 0.3 is 0 Å². The quantitative estimate of drug-likeness (QED) is 0.404. The highest BCUT2D eigenvalue weighted by Crippen LogP contribution is 2.21. The minimum Gasteiger partial charge on any atom is -0.484 e. The van der Waals surface area contributed by atoms with Crippen LogP contribution in [0.25, 0.3) is 6.08 Å². The third-order valence-electron chi connectivity index (χ3n) is 4.72. The molecule has 0 saturated heterocycles. The number of nitrogens with one attached hydrogen (secondary N) is 1. The zero-order valence-electron chi connectivity index (χ0n) is 17.2. The zero-order chi connectivity index (χ0) is 21.3. The van der Waals surface area contributed by atoms with Crippen molar-refractivity contribution in [2.45, 2.75) is 20.3 Å². The lowest BCUT2D eigenvalue weighted by atomic mass is 10.1. The summed E-state index contributed by atoms with van der Waals surface area (Å²) < 4.78 is 5.62. The number of amides is 1. The van der Waals surface area contributed by atoms with E-state index in [-0.39, 0.29) is 18.3 Å². The van der Waals surface area contributed by atoms with Crippen molar-refractivity contribution in [1.82, 2.24) is 0 Å². The maximum atomic E-state index is 12.4. The number of hydrogen-bond acceptors (Lipinski definition) is 3. The lowest BCUT2D eigenvalue weighted by Crippen LogP contribution is -2.21. The Labute approximate surface area is 177 Å². The molecule has 3 aromatic rings. The second kappa shape index (κ2) is 10.2. The SMILES string of the molecule is CCc1cccc(C)c1NC(=O)COc1cccc(C(=O)/C=C/c2ccccc2)c1. The molecule has 4 nitrogen and oxygen atoms in total. The summed E-state index contributed by atoms with van der Waals surface area (Å²) in [6.45, 7) is 3.89. The van der Waals surface area contributed by atoms with Crippen molar-refractivity contribution >= 4 is 23.5 Å². The van der Waals surface area contributed by atoms with Crippen LogP contribution in [0.2, 0.25) is 0 Å². The van der Waals surface area contributed by atoms with Gasteiger partial charge in [-0.05, 0) is 48.2 Å². The molecule has 0 aliphatic carbocycles. The van der Waals surface area contributed by atoms with Crippen molar-refractivity contribution in [2.24, 2.45) is 0 Å². The van der Waals surface area contributed by atoms with E-state index in [0.717, 1.165) is 28.8 Å². The van der Waals surface area contributed by atoms with E-state index in [0.29, 0.717) is 11.3 Å². The van der Waals surface area contributed by atoms with Crippen LogP contribution in [-0.4, -0.2) is 18.3 Å². The summed E-state index contributed by atoms with van der Waals surface area (Å²) in [4.78, 5) is 24.8. The highest BCUT2D eigenvalue weighted by molar-refractivity contribution is 6.07. The van der Waals surface area contributed by atoms with Crippen LogP contribution in [-0.2, 0) is 11.2 Å². The molecule has 3 aromatic carbocycles. The third kappa shape index (κ3) is 5.67. The van der Waals surface area contributed by atoms with Crippen molar-refractivity contribution in [3.8, 4) is 5.75 Å². The summed E-state index contributed by atoms with van der Waals surface area (Å²) >= 11 is 0. The van der Waals surface area contributed by atoms with Crippen LogP contribution in [0.3, 0.4) is 0 Å². The molecule has 0 fully saturated rings. The molecule has 0 aliphatic heterocycles. The molecule has 0 atom stereocenters. The van der Waals surface area contributed by atoms with Crippen molar-refractivity contribution < 1.29 is 14.3 Å². The first kappa shape index (κ1) is 21.1. The Morgan fingerprint density at radius 1 is 0.967 bits per heavy atom. The number of rotatable bonds is 8. The van der Waals surface area contributed by atoms with Crippen LogP contribution in [0.1, 0.15) is 34.0 Å². The van der Waals surface area contributed by atoms with Crippen LogP contribution < -0.4 is 10.1 Å². The summed E-state index contributed by atoms with van der Waals surface area (Å²) in [5.74, 6) is 0.116. The maximum absolute atomic E-state index is 12.4. The summed E-state index contributed by atoms with van der Waals surface area (Å²) in [6, 6.07) is 22.4. The Bertz CT molecular complexity index is 1050. The molecule has 152 valence electrons. The molecule has 0 unspecified atom stereocenters. The Morgan fingerprint density at radius 2 is 1.73 bits per heavy atom. The van der Waals surface area contributed by atoms with Crippen molar-refractivity contribution in [2.75, 3.05) is 11.9 Å². The van der Waals surface area contributed by atoms with Crippen LogP contribution in [0.4, 0.5) is 5.69 Å². The van der Waals surface area contributed by atoms with E-state index in [1.165, 1.54) is 6.08 Å². The van der Waals surface area contributed by atoms with Gasteiger partial charge in [-0.15, -0.1) is 0 Å². The first-order valence-corrected chi connectivity index (χ1v) is 9.95. The van der Waals surface area contributed by atoms with Gasteiger partial charge in [0.05, 0.1) is 0 Å². The van der Waals surface area contributed by atoms with Crippen LogP contribution in [0, 0.1) is 6.92 Å². The van der Waals surface area contributed by atoms with Crippen LogP contribution in [0.15, 0.2) is 78.9 Å². The number of carbonyl (C=O) groups is 2. The smallest absolute Gasteiger partial charge is 0.262 e. The molecule has 4 heteroatoms. The highest BCUT2D eigenvalue weighted by atomic mass is 16.5. The van der Waals surface area contributed by atoms with E-state index in [9.17, 15) is 9.59 Å². The molecular formula is C26H25NO3. The van der Waals surface area contributed by atoms with Gasteiger partial charge < -0.3 is 10.1 Å². The number of benzene rings is 3. The Balaban J connectivity index is 1.61.